The zero-order valence-corrected chi connectivity index (χ0v) is 17.6. The van der Waals surface area contributed by atoms with Gasteiger partial charge in [0.15, 0.2) is 0 Å². The average molecular weight is 418 g/mol. The van der Waals surface area contributed by atoms with Crippen LogP contribution >= 0.6 is 11.3 Å². The highest BCUT2D eigenvalue weighted by molar-refractivity contribution is 7.19. The molecule has 3 rings (SSSR count). The molecule has 0 spiro atoms. The minimum absolute atomic E-state index is 0.0539. The van der Waals surface area contributed by atoms with Crippen molar-refractivity contribution in [2.75, 3.05) is 29.9 Å². The van der Waals surface area contributed by atoms with Crippen LogP contribution in [0, 0.1) is 5.92 Å². The fourth-order valence-corrected chi connectivity index (χ4v) is 4.15. The van der Waals surface area contributed by atoms with Crippen molar-refractivity contribution in [2.45, 2.75) is 39.2 Å². The van der Waals surface area contributed by atoms with Gasteiger partial charge in [0.05, 0.1) is 19.1 Å². The number of urea groups is 1. The van der Waals surface area contributed by atoms with Crippen molar-refractivity contribution in [1.82, 2.24) is 15.5 Å². The molecule has 2 aromatic rings. The van der Waals surface area contributed by atoms with E-state index in [9.17, 15) is 9.59 Å². The second-order valence-corrected chi connectivity index (χ2v) is 8.11. The molecule has 9 heteroatoms. The number of amides is 2. The number of rotatable bonds is 7. The molecule has 2 amide bonds. The Labute approximate surface area is 174 Å². The van der Waals surface area contributed by atoms with Crippen LogP contribution in [0.3, 0.4) is 0 Å². The normalized spacial score (nSPS) is 17.4. The smallest absolute Gasteiger partial charge is 0.321 e. The Morgan fingerprint density at radius 1 is 1.31 bits per heavy atom. The summed E-state index contributed by atoms with van der Waals surface area (Å²) in [6.07, 6.45) is 2.42. The molecule has 156 valence electrons. The van der Waals surface area contributed by atoms with Gasteiger partial charge >= 0.3 is 12.0 Å². The lowest BCUT2D eigenvalue weighted by molar-refractivity contribution is -0.143. The molecular formula is C20H27N5O3S. The number of hydrogen-bond acceptors (Lipinski definition) is 7. The van der Waals surface area contributed by atoms with Crippen molar-refractivity contribution in [3.05, 3.63) is 35.9 Å². The van der Waals surface area contributed by atoms with Gasteiger partial charge in [-0.1, -0.05) is 48.6 Å². The molecule has 1 saturated heterocycles. The molecule has 2 atom stereocenters. The zero-order valence-electron chi connectivity index (χ0n) is 16.8. The molecule has 2 N–H and O–H groups in total. The van der Waals surface area contributed by atoms with Crippen molar-refractivity contribution in [1.29, 1.82) is 0 Å². The van der Waals surface area contributed by atoms with Crippen molar-refractivity contribution < 1.29 is 14.3 Å². The van der Waals surface area contributed by atoms with Crippen molar-refractivity contribution in [2.24, 2.45) is 5.92 Å². The number of anilines is 2. The number of benzene rings is 1. The molecule has 0 aliphatic carbocycles. The lowest BCUT2D eigenvalue weighted by Gasteiger charge is -2.29. The van der Waals surface area contributed by atoms with E-state index in [1.54, 1.807) is 6.92 Å². The number of carbonyl (C=O) groups is 2. The van der Waals surface area contributed by atoms with Gasteiger partial charge in [0.1, 0.15) is 0 Å². The van der Waals surface area contributed by atoms with Crippen LogP contribution in [0.1, 0.15) is 44.7 Å². The van der Waals surface area contributed by atoms with Gasteiger partial charge in [0.25, 0.3) is 0 Å². The maximum absolute atomic E-state index is 12.5. The first-order chi connectivity index (χ1) is 14.0. The summed E-state index contributed by atoms with van der Waals surface area (Å²) in [7, 11) is 0. The number of ether oxygens (including phenoxy) is 1. The Kier molecular flexibility index (Phi) is 7.40. The Morgan fingerprint density at radius 2 is 2.10 bits per heavy atom. The molecule has 1 aromatic carbocycles. The van der Waals surface area contributed by atoms with E-state index in [0.717, 1.165) is 30.2 Å². The summed E-state index contributed by atoms with van der Waals surface area (Å²) in [6, 6.07) is 8.42. The Morgan fingerprint density at radius 3 is 2.83 bits per heavy atom. The Bertz CT molecular complexity index is 813. The minimum atomic E-state index is -0.495. The van der Waals surface area contributed by atoms with Crippen LogP contribution in [-0.4, -0.2) is 41.9 Å². The third-order valence-electron chi connectivity index (χ3n) is 4.75. The van der Waals surface area contributed by atoms with Gasteiger partial charge in [-0.3, -0.25) is 10.1 Å². The van der Waals surface area contributed by atoms with Crippen molar-refractivity contribution in [3.63, 3.8) is 0 Å². The monoisotopic (exact) mass is 417 g/mol. The van der Waals surface area contributed by atoms with Crippen LogP contribution in [0.25, 0.3) is 0 Å². The van der Waals surface area contributed by atoms with Crippen LogP contribution in [0.5, 0.6) is 0 Å². The Hall–Kier alpha value is -2.68. The maximum atomic E-state index is 12.5. The number of hydrogen-bond donors (Lipinski definition) is 2. The number of aromatic nitrogens is 2. The summed E-state index contributed by atoms with van der Waals surface area (Å²) in [5, 5.41) is 15.1. The lowest BCUT2D eigenvalue weighted by Crippen LogP contribution is -2.34. The number of nitrogens with one attached hydrogen (secondary N) is 2. The molecule has 0 saturated carbocycles. The first kappa shape index (κ1) is 21.0. The Balaban J connectivity index is 1.62. The quantitative estimate of drug-likeness (QED) is 0.669. The maximum Gasteiger partial charge on any atom is 0.321 e. The van der Waals surface area contributed by atoms with Crippen LogP contribution in [0.15, 0.2) is 30.3 Å². The van der Waals surface area contributed by atoms with E-state index in [4.69, 9.17) is 4.74 Å². The second kappa shape index (κ2) is 10.2. The largest absolute Gasteiger partial charge is 0.466 e. The van der Waals surface area contributed by atoms with E-state index >= 15 is 0 Å². The predicted octanol–water partition coefficient (Wildman–Crippen LogP) is 3.59. The van der Waals surface area contributed by atoms with E-state index in [2.05, 4.69) is 32.7 Å². The fourth-order valence-electron chi connectivity index (χ4n) is 3.37. The van der Waals surface area contributed by atoms with Crippen LogP contribution < -0.4 is 15.5 Å². The van der Waals surface area contributed by atoms with Gasteiger partial charge in [0, 0.05) is 13.1 Å². The number of carbonyl (C=O) groups excluding carboxylic acids is 2. The summed E-state index contributed by atoms with van der Waals surface area (Å²) < 4.78 is 5.04. The molecule has 1 aromatic heterocycles. The molecule has 0 bridgehead atoms. The number of piperidine rings is 1. The number of esters is 1. The van der Waals surface area contributed by atoms with Gasteiger partial charge in [-0.05, 0) is 31.2 Å². The molecule has 1 aliphatic rings. The summed E-state index contributed by atoms with van der Waals surface area (Å²) in [6.45, 7) is 6.20. The van der Waals surface area contributed by atoms with Gasteiger partial charge in [-0.25, -0.2) is 4.79 Å². The van der Waals surface area contributed by atoms with E-state index in [1.807, 2.05) is 30.3 Å². The third kappa shape index (κ3) is 6.15. The van der Waals surface area contributed by atoms with Gasteiger partial charge < -0.3 is 15.0 Å². The van der Waals surface area contributed by atoms with E-state index in [0.29, 0.717) is 17.7 Å². The van der Waals surface area contributed by atoms with Crippen LogP contribution in [0.4, 0.5) is 15.1 Å². The van der Waals surface area contributed by atoms with E-state index in [-0.39, 0.29) is 12.4 Å². The highest BCUT2D eigenvalue weighted by Gasteiger charge is 2.22. The molecule has 2 heterocycles. The average Bonchev–Trinajstić information content (AvgIpc) is 3.17. The molecule has 29 heavy (non-hydrogen) atoms. The molecule has 1 fully saturated rings. The second-order valence-electron chi connectivity index (χ2n) is 7.15. The van der Waals surface area contributed by atoms with Crippen LogP contribution in [0.2, 0.25) is 0 Å². The molecule has 8 nitrogen and oxygen atoms in total. The fraction of sp³-hybridized carbons (Fsp3) is 0.500. The summed E-state index contributed by atoms with van der Waals surface area (Å²) >= 11 is 1.35. The summed E-state index contributed by atoms with van der Waals surface area (Å²) in [5.41, 5.74) is 0.830. The molecular weight excluding hydrogens is 390 g/mol. The van der Waals surface area contributed by atoms with Crippen molar-refractivity contribution in [3.8, 4) is 0 Å². The van der Waals surface area contributed by atoms with Gasteiger partial charge in [0.2, 0.25) is 10.3 Å². The third-order valence-corrected chi connectivity index (χ3v) is 5.65. The summed E-state index contributed by atoms with van der Waals surface area (Å²) in [5.74, 6) is 0.265. The standard InChI is InChI=1S/C20H27N5O3S/c1-3-28-17(26)12-16(15-9-5-4-6-10-15)21-18(27)22-19-23-24-20(29-19)25-11-7-8-14(2)13-25/h4-6,9-10,14,16H,3,7-8,11-13H2,1-2H3,(H2,21,22,23,27)/t14-,16+/m1/s1. The zero-order chi connectivity index (χ0) is 20.6. The number of nitrogens with zero attached hydrogens (tertiary/aromatic N) is 3. The van der Waals surface area contributed by atoms with Crippen molar-refractivity contribution >= 4 is 33.6 Å². The van der Waals surface area contributed by atoms with Gasteiger partial charge in [-0.15, -0.1) is 10.2 Å². The molecule has 0 radical (unpaired) electrons. The molecule has 1 aliphatic heterocycles. The summed E-state index contributed by atoms with van der Waals surface area (Å²) in [4.78, 5) is 26.7. The first-order valence-corrected chi connectivity index (χ1v) is 10.7. The van der Waals surface area contributed by atoms with Gasteiger partial charge in [-0.2, -0.15) is 0 Å². The SMILES string of the molecule is CCOC(=O)C[C@H](NC(=O)Nc1nnc(N2CCC[C@@H](C)C2)s1)c1ccccc1. The highest BCUT2D eigenvalue weighted by atomic mass is 32.1. The first-order valence-electron chi connectivity index (χ1n) is 9.91. The molecule has 0 unspecified atom stereocenters. The predicted molar refractivity (Wildman–Crippen MR) is 113 cm³/mol. The van der Waals surface area contributed by atoms with Crippen LogP contribution in [-0.2, 0) is 9.53 Å². The highest BCUT2D eigenvalue weighted by Crippen LogP contribution is 2.28. The van der Waals surface area contributed by atoms with E-state index < -0.39 is 12.1 Å². The minimum Gasteiger partial charge on any atom is -0.466 e. The lowest BCUT2D eigenvalue weighted by atomic mass is 10.0. The van der Waals surface area contributed by atoms with E-state index in [1.165, 1.54) is 17.8 Å². The topological polar surface area (TPSA) is 96.4 Å².